The highest BCUT2D eigenvalue weighted by Gasteiger charge is 2.33. The second-order valence-electron chi connectivity index (χ2n) is 3.43. The summed E-state index contributed by atoms with van der Waals surface area (Å²) in [6.45, 7) is 5.72. The van der Waals surface area contributed by atoms with E-state index in [2.05, 4.69) is 10.2 Å². The smallest absolute Gasteiger partial charge is 0.434 e. The third-order valence-electron chi connectivity index (χ3n) is 1.57. The van der Waals surface area contributed by atoms with Gasteiger partial charge in [-0.2, -0.15) is 10.2 Å². The highest BCUT2D eigenvalue weighted by molar-refractivity contribution is 5.59. The van der Waals surface area contributed by atoms with Crippen molar-refractivity contribution in [2.24, 2.45) is 10.2 Å². The molecule has 5 heteroatoms. The van der Waals surface area contributed by atoms with Gasteiger partial charge in [-0.05, 0) is 20.8 Å². The average Bonchev–Trinajstić information content (AvgIpc) is 2.66. The molecule has 13 heavy (non-hydrogen) atoms. The first kappa shape index (κ1) is 9.95. The fraction of sp³-hybridized carbons (Fsp3) is 0.875. The van der Waals surface area contributed by atoms with Gasteiger partial charge in [-0.3, -0.25) is 0 Å². The summed E-state index contributed by atoms with van der Waals surface area (Å²) < 4.78 is 9.55. The summed E-state index contributed by atoms with van der Waals surface area (Å²) in [4.78, 5) is 10.9. The van der Waals surface area contributed by atoms with Crippen LogP contribution >= 0.6 is 0 Å². The molecule has 0 radical (unpaired) electrons. The summed E-state index contributed by atoms with van der Waals surface area (Å²) in [5, 5.41) is 7.57. The van der Waals surface area contributed by atoms with Crippen LogP contribution in [0.25, 0.3) is 0 Å². The Morgan fingerprint density at radius 3 is 2.54 bits per heavy atom. The minimum Gasteiger partial charge on any atom is -0.434 e. The van der Waals surface area contributed by atoms with Crippen molar-refractivity contribution in [3.63, 3.8) is 0 Å². The maximum Gasteiger partial charge on any atom is 0.508 e. The molecule has 0 spiro atoms. The second kappa shape index (κ2) is 3.72. The zero-order chi connectivity index (χ0) is 9.90. The third kappa shape index (κ3) is 3.87. The highest BCUT2D eigenvalue weighted by atomic mass is 16.7. The van der Waals surface area contributed by atoms with Crippen LogP contribution in [0.2, 0.25) is 0 Å². The number of carbonyl (C=O) groups is 1. The molecule has 0 amide bonds. The minimum atomic E-state index is -0.626. The van der Waals surface area contributed by atoms with E-state index >= 15 is 0 Å². The van der Waals surface area contributed by atoms with Crippen LogP contribution in [0.5, 0.6) is 0 Å². The van der Waals surface area contributed by atoms with Crippen molar-refractivity contribution in [3.05, 3.63) is 0 Å². The number of ether oxygens (including phenoxy) is 2. The van der Waals surface area contributed by atoms with Gasteiger partial charge in [-0.15, -0.1) is 0 Å². The van der Waals surface area contributed by atoms with Crippen LogP contribution in [0.4, 0.5) is 4.79 Å². The summed E-state index contributed by atoms with van der Waals surface area (Å²) in [6, 6.07) is 0. The van der Waals surface area contributed by atoms with Crippen LogP contribution in [0.3, 0.4) is 0 Å². The lowest BCUT2D eigenvalue weighted by Gasteiger charge is -2.08. The van der Waals surface area contributed by atoms with Crippen molar-refractivity contribution in [3.8, 4) is 0 Å². The number of hydrogen-bond donors (Lipinski definition) is 0. The largest absolute Gasteiger partial charge is 0.508 e. The first-order valence-electron chi connectivity index (χ1n) is 4.29. The lowest BCUT2D eigenvalue weighted by Crippen LogP contribution is -2.16. The van der Waals surface area contributed by atoms with Crippen LogP contribution in [0.1, 0.15) is 27.2 Å². The van der Waals surface area contributed by atoms with Gasteiger partial charge >= 0.3 is 6.16 Å². The van der Waals surface area contributed by atoms with Gasteiger partial charge in [-0.25, -0.2) is 4.79 Å². The molecule has 1 aliphatic rings. The van der Waals surface area contributed by atoms with E-state index in [1.54, 1.807) is 13.8 Å². The van der Waals surface area contributed by atoms with E-state index in [0.29, 0.717) is 13.0 Å². The van der Waals surface area contributed by atoms with E-state index in [1.165, 1.54) is 0 Å². The van der Waals surface area contributed by atoms with E-state index in [0.717, 1.165) is 0 Å². The van der Waals surface area contributed by atoms with Gasteiger partial charge in [0.2, 0.25) is 0 Å². The summed E-state index contributed by atoms with van der Waals surface area (Å²) in [5.41, 5.74) is -0.307. The zero-order valence-electron chi connectivity index (χ0n) is 8.11. The second-order valence-corrected chi connectivity index (χ2v) is 3.43. The standard InChI is InChI=1S/C8H14N2O3/c1-6(2)13-7(11)12-5-4-8(3)9-10-8/h6H,4-5H2,1-3H3. The Balaban J connectivity index is 2.02. The highest BCUT2D eigenvalue weighted by Crippen LogP contribution is 2.30. The van der Waals surface area contributed by atoms with Crippen LogP contribution in [0.15, 0.2) is 10.2 Å². The molecule has 0 aromatic rings. The Bertz CT molecular complexity index is 219. The first-order chi connectivity index (χ1) is 6.02. The molecule has 5 nitrogen and oxygen atoms in total. The Morgan fingerprint density at radius 1 is 1.46 bits per heavy atom. The zero-order valence-corrected chi connectivity index (χ0v) is 8.11. The average molecular weight is 186 g/mol. The van der Waals surface area contributed by atoms with E-state index in [9.17, 15) is 4.79 Å². The molecule has 1 aliphatic heterocycles. The number of hydrogen-bond acceptors (Lipinski definition) is 5. The number of carbonyl (C=O) groups excluding carboxylic acids is 1. The lowest BCUT2D eigenvalue weighted by molar-refractivity contribution is 0.0326. The lowest BCUT2D eigenvalue weighted by atomic mass is 10.2. The molecular formula is C8H14N2O3. The SMILES string of the molecule is CC(C)OC(=O)OCCC1(C)N=N1. The molecule has 1 rings (SSSR count). The van der Waals surface area contributed by atoms with Crippen LogP contribution < -0.4 is 0 Å². The predicted octanol–water partition coefficient (Wildman–Crippen LogP) is 2.12. The fourth-order valence-corrected chi connectivity index (χ4v) is 0.740. The van der Waals surface area contributed by atoms with Gasteiger partial charge in [0.15, 0.2) is 5.66 Å². The van der Waals surface area contributed by atoms with Crippen molar-refractivity contribution < 1.29 is 14.3 Å². The van der Waals surface area contributed by atoms with E-state index in [4.69, 9.17) is 9.47 Å². The topological polar surface area (TPSA) is 60.2 Å². The maximum absolute atomic E-state index is 10.9. The van der Waals surface area contributed by atoms with Crippen LogP contribution in [-0.2, 0) is 9.47 Å². The molecule has 0 atom stereocenters. The molecule has 0 fully saturated rings. The molecule has 0 saturated carbocycles. The van der Waals surface area contributed by atoms with Crippen molar-refractivity contribution >= 4 is 6.16 Å². The molecule has 1 heterocycles. The Hall–Kier alpha value is -1.13. The molecule has 0 aliphatic carbocycles. The number of nitrogens with zero attached hydrogens (tertiary/aromatic N) is 2. The van der Waals surface area contributed by atoms with Gasteiger partial charge in [-0.1, -0.05) is 0 Å². The van der Waals surface area contributed by atoms with Gasteiger partial charge in [0.25, 0.3) is 0 Å². The van der Waals surface area contributed by atoms with Gasteiger partial charge in [0, 0.05) is 6.42 Å². The Morgan fingerprint density at radius 2 is 2.08 bits per heavy atom. The molecule has 0 saturated heterocycles. The van der Waals surface area contributed by atoms with Crippen molar-refractivity contribution in [2.75, 3.05) is 6.61 Å². The Kier molecular flexibility index (Phi) is 2.85. The van der Waals surface area contributed by atoms with Gasteiger partial charge in [0.1, 0.15) is 0 Å². The molecular weight excluding hydrogens is 172 g/mol. The monoisotopic (exact) mass is 186 g/mol. The molecule has 0 N–H and O–H groups in total. The van der Waals surface area contributed by atoms with Crippen molar-refractivity contribution in [2.45, 2.75) is 39.0 Å². The quantitative estimate of drug-likeness (QED) is 0.632. The minimum absolute atomic E-state index is 0.140. The van der Waals surface area contributed by atoms with Crippen molar-refractivity contribution in [1.82, 2.24) is 0 Å². The summed E-state index contributed by atoms with van der Waals surface area (Å²) in [5.74, 6) is 0. The normalized spacial score (nSPS) is 17.2. The van der Waals surface area contributed by atoms with E-state index < -0.39 is 6.16 Å². The molecule has 0 aromatic carbocycles. The summed E-state index contributed by atoms with van der Waals surface area (Å²) in [7, 11) is 0. The van der Waals surface area contributed by atoms with Gasteiger partial charge < -0.3 is 9.47 Å². The Labute approximate surface area is 77.1 Å². The summed E-state index contributed by atoms with van der Waals surface area (Å²) >= 11 is 0. The summed E-state index contributed by atoms with van der Waals surface area (Å²) in [6.07, 6.45) is -0.141. The van der Waals surface area contributed by atoms with Crippen LogP contribution in [0, 0.1) is 0 Å². The van der Waals surface area contributed by atoms with Crippen molar-refractivity contribution in [1.29, 1.82) is 0 Å². The van der Waals surface area contributed by atoms with E-state index in [-0.39, 0.29) is 11.8 Å². The maximum atomic E-state index is 10.9. The first-order valence-corrected chi connectivity index (χ1v) is 4.29. The van der Waals surface area contributed by atoms with Crippen LogP contribution in [-0.4, -0.2) is 24.5 Å². The molecule has 0 unspecified atom stereocenters. The van der Waals surface area contributed by atoms with E-state index in [1.807, 2.05) is 6.92 Å². The third-order valence-corrected chi connectivity index (χ3v) is 1.57. The molecule has 0 aromatic heterocycles. The fourth-order valence-electron chi connectivity index (χ4n) is 0.740. The van der Waals surface area contributed by atoms with Gasteiger partial charge in [0.05, 0.1) is 12.7 Å². The predicted molar refractivity (Wildman–Crippen MR) is 45.4 cm³/mol. The number of rotatable bonds is 4. The molecule has 74 valence electrons. The molecule has 0 bridgehead atoms.